The van der Waals surface area contributed by atoms with Crippen molar-refractivity contribution < 1.29 is 34.8 Å². The van der Waals surface area contributed by atoms with Gasteiger partial charge in [0.2, 0.25) is 11.8 Å². The summed E-state index contributed by atoms with van der Waals surface area (Å²) in [5.74, 6) is 1.06. The first-order valence-corrected chi connectivity index (χ1v) is 22.2. The van der Waals surface area contributed by atoms with E-state index in [4.69, 9.17) is 5.11 Å². The second-order valence-electron chi connectivity index (χ2n) is 20.9. The Hall–Kier alpha value is -1.97. The Bertz CT molecular complexity index is 1400. The maximum atomic E-state index is 14.5. The topological polar surface area (TPSA) is 156 Å². The van der Waals surface area contributed by atoms with Crippen molar-refractivity contribution >= 4 is 17.8 Å². The van der Waals surface area contributed by atoms with Gasteiger partial charge in [0.25, 0.3) is 0 Å². The number of hydrogen-bond donors (Lipinski definition) is 6. The van der Waals surface area contributed by atoms with Crippen molar-refractivity contribution in [1.82, 2.24) is 10.6 Å². The lowest BCUT2D eigenvalue weighted by Gasteiger charge is -2.72. The number of carbonyl (C=O) groups is 3. The van der Waals surface area contributed by atoms with E-state index >= 15 is 0 Å². The number of carbonyl (C=O) groups excluding carboxylic acids is 2. The molecule has 0 bridgehead atoms. The van der Waals surface area contributed by atoms with Crippen LogP contribution in [0.1, 0.15) is 164 Å². The van der Waals surface area contributed by atoms with Crippen molar-refractivity contribution in [2.45, 2.75) is 182 Å². The summed E-state index contributed by atoms with van der Waals surface area (Å²) in [6.45, 7) is 21.3. The molecule has 55 heavy (non-hydrogen) atoms. The van der Waals surface area contributed by atoms with Crippen LogP contribution in [0.5, 0.6) is 0 Å². The summed E-state index contributed by atoms with van der Waals surface area (Å²) < 4.78 is 0. The van der Waals surface area contributed by atoms with Gasteiger partial charge < -0.3 is 31.1 Å². The Morgan fingerprint density at radius 1 is 0.818 bits per heavy atom. The first-order valence-electron chi connectivity index (χ1n) is 22.2. The average Bonchev–Trinajstić information content (AvgIpc) is 3.51. The van der Waals surface area contributed by atoms with E-state index < -0.39 is 23.5 Å². The molecule has 0 aromatic heterocycles. The van der Waals surface area contributed by atoms with Crippen LogP contribution >= 0.6 is 0 Å². The Labute approximate surface area is 332 Å². The fourth-order valence-electron chi connectivity index (χ4n) is 14.3. The van der Waals surface area contributed by atoms with Crippen LogP contribution in [-0.2, 0) is 14.4 Å². The molecule has 0 aromatic rings. The van der Waals surface area contributed by atoms with E-state index in [-0.39, 0.29) is 70.4 Å². The number of aliphatic carboxylic acids is 1. The number of hydrogen-bond acceptors (Lipinski definition) is 6. The van der Waals surface area contributed by atoms with Crippen LogP contribution in [0.15, 0.2) is 12.2 Å². The number of unbranched alkanes of at least 4 members (excludes halogenated alkanes) is 4. The molecular weight excluding hydrogens is 693 g/mol. The molecule has 314 valence electrons. The number of carboxylic acid groups (broad SMARTS) is 1. The lowest BCUT2D eigenvalue weighted by molar-refractivity contribution is -0.246. The molecule has 0 radical (unpaired) electrons. The van der Waals surface area contributed by atoms with Gasteiger partial charge in [0.15, 0.2) is 0 Å². The highest BCUT2D eigenvalue weighted by Gasteiger charge is 2.72. The summed E-state index contributed by atoms with van der Waals surface area (Å²) in [4.78, 5) is 38.2. The summed E-state index contributed by atoms with van der Waals surface area (Å²) in [5.41, 5.74) is 0.860. The SMILES string of the molecule is C=C(CO)[C@@H]1CC[C@]2(C(=O)NCCCCCCCC(=O)N[C@@H](CC(C)C)[C@@H](O)CC(=O)O)CC[C@]3(C)[C@H](CCC4[C@@]5(C)CC[C@H](O)C(C)(C)[C@@H]5CC[C@]43C)[C@@H]12. The van der Waals surface area contributed by atoms with Crippen molar-refractivity contribution in [2.75, 3.05) is 13.2 Å². The van der Waals surface area contributed by atoms with Gasteiger partial charge in [-0.3, -0.25) is 14.4 Å². The normalized spacial score (nSPS) is 38.8. The van der Waals surface area contributed by atoms with Crippen molar-refractivity contribution in [3.63, 3.8) is 0 Å². The molecule has 9 heteroatoms. The van der Waals surface area contributed by atoms with Crippen LogP contribution in [0.2, 0.25) is 0 Å². The van der Waals surface area contributed by atoms with Gasteiger partial charge in [0, 0.05) is 13.0 Å². The molecule has 0 heterocycles. The number of nitrogens with one attached hydrogen (secondary N) is 2. The molecule has 0 spiro atoms. The smallest absolute Gasteiger partial charge is 0.306 e. The zero-order valence-corrected chi connectivity index (χ0v) is 35.6. The maximum Gasteiger partial charge on any atom is 0.306 e. The van der Waals surface area contributed by atoms with E-state index in [2.05, 4.69) is 51.8 Å². The fourth-order valence-corrected chi connectivity index (χ4v) is 14.3. The van der Waals surface area contributed by atoms with E-state index in [0.717, 1.165) is 89.0 Å². The minimum absolute atomic E-state index is 0.0216. The molecule has 5 fully saturated rings. The molecule has 12 atom stereocenters. The molecule has 0 aliphatic heterocycles. The van der Waals surface area contributed by atoms with Crippen molar-refractivity contribution in [1.29, 1.82) is 0 Å². The van der Waals surface area contributed by atoms with Crippen LogP contribution in [0.4, 0.5) is 0 Å². The van der Waals surface area contributed by atoms with Crippen molar-refractivity contribution in [3.8, 4) is 0 Å². The molecule has 0 saturated heterocycles. The van der Waals surface area contributed by atoms with Crippen molar-refractivity contribution in [2.24, 2.45) is 62.6 Å². The van der Waals surface area contributed by atoms with Crippen LogP contribution in [0.3, 0.4) is 0 Å². The third kappa shape index (κ3) is 8.20. The minimum atomic E-state index is -1.11. The summed E-state index contributed by atoms with van der Waals surface area (Å²) in [6, 6.07) is -0.567. The molecule has 1 unspecified atom stereocenters. The van der Waals surface area contributed by atoms with Gasteiger partial charge in [-0.2, -0.15) is 0 Å². The number of carboxylic acids is 1. The van der Waals surface area contributed by atoms with E-state index in [9.17, 15) is 29.7 Å². The number of aliphatic hydroxyl groups excluding tert-OH is 3. The fraction of sp³-hybridized carbons (Fsp3) is 0.891. The van der Waals surface area contributed by atoms with Crippen LogP contribution in [0.25, 0.3) is 0 Å². The number of amides is 2. The average molecular weight is 771 g/mol. The van der Waals surface area contributed by atoms with Crippen LogP contribution in [0, 0.1) is 62.6 Å². The zero-order chi connectivity index (χ0) is 40.6. The van der Waals surface area contributed by atoms with Gasteiger partial charge in [-0.25, -0.2) is 0 Å². The Kier molecular flexibility index (Phi) is 13.7. The highest BCUT2D eigenvalue weighted by molar-refractivity contribution is 5.84. The zero-order valence-electron chi connectivity index (χ0n) is 35.6. The number of aliphatic hydroxyl groups is 3. The molecule has 5 aliphatic carbocycles. The van der Waals surface area contributed by atoms with E-state index in [1.807, 2.05) is 13.8 Å². The summed E-state index contributed by atoms with van der Waals surface area (Å²) in [6.07, 6.45) is 13.9. The van der Waals surface area contributed by atoms with Gasteiger partial charge >= 0.3 is 5.97 Å². The molecule has 6 N–H and O–H groups in total. The monoisotopic (exact) mass is 771 g/mol. The molecule has 9 nitrogen and oxygen atoms in total. The number of rotatable bonds is 17. The van der Waals surface area contributed by atoms with Crippen molar-refractivity contribution in [3.05, 3.63) is 12.2 Å². The first kappa shape index (κ1) is 44.1. The predicted molar refractivity (Wildman–Crippen MR) is 217 cm³/mol. The lowest BCUT2D eigenvalue weighted by atomic mass is 9.32. The van der Waals surface area contributed by atoms with Gasteiger partial charge in [-0.1, -0.05) is 74.3 Å². The van der Waals surface area contributed by atoms with E-state index in [1.165, 1.54) is 12.8 Å². The molecule has 2 amide bonds. The molecule has 5 saturated carbocycles. The molecule has 0 aromatic carbocycles. The van der Waals surface area contributed by atoms with Gasteiger partial charge in [0.1, 0.15) is 0 Å². The number of fused-ring (bicyclic) bond motifs is 7. The summed E-state index contributed by atoms with van der Waals surface area (Å²) >= 11 is 0. The second kappa shape index (κ2) is 17.1. The third-order valence-corrected chi connectivity index (χ3v) is 17.4. The van der Waals surface area contributed by atoms with Crippen LogP contribution < -0.4 is 10.6 Å². The lowest BCUT2D eigenvalue weighted by Crippen LogP contribution is -2.67. The highest BCUT2D eigenvalue weighted by Crippen LogP contribution is 2.77. The van der Waals surface area contributed by atoms with Gasteiger partial charge in [-0.15, -0.1) is 0 Å². The van der Waals surface area contributed by atoms with E-state index in [0.29, 0.717) is 37.1 Å². The van der Waals surface area contributed by atoms with Gasteiger partial charge in [0.05, 0.1) is 36.7 Å². The second-order valence-corrected chi connectivity index (χ2v) is 20.9. The largest absolute Gasteiger partial charge is 0.481 e. The molecule has 5 rings (SSSR count). The summed E-state index contributed by atoms with van der Waals surface area (Å²) in [7, 11) is 0. The van der Waals surface area contributed by atoms with E-state index in [1.54, 1.807) is 0 Å². The van der Waals surface area contributed by atoms with Gasteiger partial charge in [-0.05, 0) is 146 Å². The van der Waals surface area contributed by atoms with Crippen LogP contribution in [-0.4, -0.2) is 69.6 Å². The summed E-state index contributed by atoms with van der Waals surface area (Å²) in [5, 5.41) is 47.1. The standard InChI is InChI=1S/C46H78N2O7/c1-29(2)26-33(34(50)27-39(53)54)48-38(52)14-12-10-9-11-13-25-47-41(55)46-22-17-31(30(3)28-49)40(46)32-15-16-36-43(6)20-19-37(51)42(4,5)35(43)18-21-45(36,8)44(32,7)23-24-46/h29,31-37,40,49-51H,3,9-28H2,1-2,4-8H3,(H,47,55)(H,48,52)(H,53,54)/t31-,32+,33-,34-,35-,36?,37-,40+,43-,44+,45+,46-/m0/s1. The molecular formula is C46H78N2O7. The Morgan fingerprint density at radius 3 is 2.18 bits per heavy atom. The Morgan fingerprint density at radius 2 is 1.51 bits per heavy atom. The molecule has 5 aliphatic rings. The minimum Gasteiger partial charge on any atom is -0.481 e. The Balaban J connectivity index is 1.17. The quantitative estimate of drug-likeness (QED) is 0.0651. The first-order chi connectivity index (χ1) is 25.8. The third-order valence-electron chi connectivity index (χ3n) is 17.4. The highest BCUT2D eigenvalue weighted by atomic mass is 16.4. The predicted octanol–water partition coefficient (Wildman–Crippen LogP) is 7.80. The maximum absolute atomic E-state index is 14.5.